The van der Waals surface area contributed by atoms with Gasteiger partial charge in [0.15, 0.2) is 0 Å². The van der Waals surface area contributed by atoms with Gasteiger partial charge < -0.3 is 15.0 Å². The summed E-state index contributed by atoms with van der Waals surface area (Å²) in [6.45, 7) is 0.976. The number of alkyl halides is 4. The predicted molar refractivity (Wildman–Crippen MR) is 134 cm³/mol. The van der Waals surface area contributed by atoms with E-state index >= 15 is 0 Å². The Balaban J connectivity index is 1.65. The second-order valence-electron chi connectivity index (χ2n) is 8.62. The smallest absolute Gasteiger partial charge is 0.405 e. The Kier molecular flexibility index (Phi) is 7.94. The van der Waals surface area contributed by atoms with E-state index in [0.29, 0.717) is 27.9 Å². The number of hydrogen-bond acceptors (Lipinski definition) is 6. The summed E-state index contributed by atoms with van der Waals surface area (Å²) in [5, 5.41) is 16.2. The van der Waals surface area contributed by atoms with Gasteiger partial charge in [-0.25, -0.2) is 14.1 Å². The minimum absolute atomic E-state index is 0.0591. The fourth-order valence-electron chi connectivity index (χ4n) is 3.90. The zero-order chi connectivity index (χ0) is 28.2. The monoisotopic (exact) mass is 542 g/mol. The third-order valence-corrected chi connectivity index (χ3v) is 5.65. The number of amides is 1. The van der Waals surface area contributed by atoms with Crippen molar-refractivity contribution < 1.29 is 27.1 Å². The van der Waals surface area contributed by atoms with Crippen LogP contribution in [0.1, 0.15) is 23.5 Å². The highest BCUT2D eigenvalue weighted by Gasteiger charge is 2.28. The molecular weight excluding hydrogens is 520 g/mol. The average Bonchev–Trinajstić information content (AvgIpc) is 3.29. The number of nitrogens with one attached hydrogen (secondary N) is 2. The normalized spacial score (nSPS) is 12.3. The number of aromatic nitrogens is 4. The number of allylic oxidation sites excluding steroid dienone is 1. The van der Waals surface area contributed by atoms with Crippen molar-refractivity contribution in [3.05, 3.63) is 76.5 Å². The number of nitriles is 1. The van der Waals surface area contributed by atoms with Gasteiger partial charge in [-0.15, -0.1) is 6.58 Å². The molecule has 4 aromatic rings. The highest BCUT2D eigenvalue weighted by molar-refractivity contribution is 5.85. The van der Waals surface area contributed by atoms with Crippen LogP contribution >= 0.6 is 0 Å². The van der Waals surface area contributed by atoms with E-state index in [1.807, 2.05) is 6.07 Å². The van der Waals surface area contributed by atoms with Crippen molar-refractivity contribution in [3.63, 3.8) is 0 Å². The van der Waals surface area contributed by atoms with Gasteiger partial charge in [0.1, 0.15) is 43.5 Å². The van der Waals surface area contributed by atoms with Crippen LogP contribution in [0.5, 0.6) is 5.75 Å². The van der Waals surface area contributed by atoms with Crippen molar-refractivity contribution in [1.82, 2.24) is 25.1 Å². The minimum atomic E-state index is -4.60. The number of fused-ring (bicyclic) bond motifs is 2. The topological polar surface area (TPSA) is 126 Å². The Bertz CT molecular complexity index is 1640. The van der Waals surface area contributed by atoms with Gasteiger partial charge in [-0.3, -0.25) is 9.59 Å². The van der Waals surface area contributed by atoms with Crippen molar-refractivity contribution in [2.45, 2.75) is 31.7 Å². The van der Waals surface area contributed by atoms with Crippen LogP contribution in [-0.4, -0.2) is 51.2 Å². The summed E-state index contributed by atoms with van der Waals surface area (Å²) < 4.78 is 57.5. The van der Waals surface area contributed by atoms with Crippen LogP contribution in [-0.2, 0) is 17.8 Å². The molecule has 2 aromatic carbocycles. The number of halogens is 4. The maximum absolute atomic E-state index is 13.8. The first-order valence-electron chi connectivity index (χ1n) is 11.7. The molecule has 2 heterocycles. The zero-order valence-corrected chi connectivity index (χ0v) is 20.4. The van der Waals surface area contributed by atoms with Crippen LogP contribution in [0, 0.1) is 11.3 Å². The molecular formula is C26H22F4N6O3. The minimum Gasteiger partial charge on any atom is -0.489 e. The Morgan fingerprint density at radius 1 is 1.28 bits per heavy atom. The van der Waals surface area contributed by atoms with Crippen molar-refractivity contribution in [3.8, 4) is 11.8 Å². The molecule has 0 aliphatic heterocycles. The Hall–Kier alpha value is -4.73. The van der Waals surface area contributed by atoms with Gasteiger partial charge in [-0.1, -0.05) is 24.3 Å². The van der Waals surface area contributed by atoms with Crippen LogP contribution in [0.15, 0.2) is 53.8 Å². The number of carbonyl (C=O) groups excluding carboxylic acids is 1. The molecule has 0 aliphatic rings. The van der Waals surface area contributed by atoms with Crippen molar-refractivity contribution in [2.24, 2.45) is 0 Å². The molecule has 0 bridgehead atoms. The standard InChI is InChI=1S/C26H22F4N6O3/c1-2-5-16(27)13-39-22-9-21-20(8-15(22)11-31)33-23(34-21)10-19-17-6-3-4-7-18(17)25(38)36(35-19)12-24(37)32-14-26(28,29)30/h2-4,6-9,16H,1,5,10,12-14H2,(H,32,37)(H,33,34). The average molecular weight is 542 g/mol. The molecule has 39 heavy (non-hydrogen) atoms. The molecule has 0 saturated carbocycles. The molecule has 1 unspecified atom stereocenters. The number of benzene rings is 2. The van der Waals surface area contributed by atoms with E-state index in [-0.39, 0.29) is 36.1 Å². The summed E-state index contributed by atoms with van der Waals surface area (Å²) in [4.78, 5) is 32.5. The lowest BCUT2D eigenvalue weighted by Gasteiger charge is -2.11. The molecule has 1 amide bonds. The maximum Gasteiger partial charge on any atom is 0.405 e. The zero-order valence-electron chi connectivity index (χ0n) is 20.4. The van der Waals surface area contributed by atoms with Gasteiger partial charge in [-0.2, -0.15) is 23.5 Å². The fraction of sp³-hybridized carbons (Fsp3) is 0.269. The first-order chi connectivity index (χ1) is 18.6. The van der Waals surface area contributed by atoms with E-state index in [2.05, 4.69) is 21.6 Å². The van der Waals surface area contributed by atoms with Crippen LogP contribution < -0.4 is 15.6 Å². The third-order valence-electron chi connectivity index (χ3n) is 5.65. The van der Waals surface area contributed by atoms with Crippen molar-refractivity contribution in [2.75, 3.05) is 13.2 Å². The molecule has 9 nitrogen and oxygen atoms in total. The number of carbonyl (C=O) groups is 1. The summed E-state index contributed by atoms with van der Waals surface area (Å²) in [5.74, 6) is -0.464. The van der Waals surface area contributed by atoms with E-state index < -0.39 is 36.9 Å². The van der Waals surface area contributed by atoms with E-state index in [1.54, 1.807) is 23.5 Å². The van der Waals surface area contributed by atoms with E-state index in [0.717, 1.165) is 4.68 Å². The Morgan fingerprint density at radius 3 is 2.72 bits per heavy atom. The van der Waals surface area contributed by atoms with Crippen LogP contribution in [0.2, 0.25) is 0 Å². The molecule has 0 aliphatic carbocycles. The summed E-state index contributed by atoms with van der Waals surface area (Å²) >= 11 is 0. The summed E-state index contributed by atoms with van der Waals surface area (Å²) in [5.41, 5.74) is 0.812. The first kappa shape index (κ1) is 27.3. The molecule has 0 spiro atoms. The second kappa shape index (κ2) is 11.3. The molecule has 0 saturated heterocycles. The third kappa shape index (κ3) is 6.59. The van der Waals surface area contributed by atoms with Gasteiger partial charge in [0.2, 0.25) is 5.91 Å². The number of H-pyrrole nitrogens is 1. The first-order valence-corrected chi connectivity index (χ1v) is 11.7. The fourth-order valence-corrected chi connectivity index (χ4v) is 3.90. The van der Waals surface area contributed by atoms with Gasteiger partial charge in [0.05, 0.1) is 34.1 Å². The van der Waals surface area contributed by atoms with Gasteiger partial charge in [0.25, 0.3) is 5.56 Å². The van der Waals surface area contributed by atoms with Crippen molar-refractivity contribution in [1.29, 1.82) is 5.26 Å². The number of imidazole rings is 1. The lowest BCUT2D eigenvalue weighted by Crippen LogP contribution is -2.38. The van der Waals surface area contributed by atoms with E-state index in [4.69, 9.17) is 4.74 Å². The van der Waals surface area contributed by atoms with Crippen molar-refractivity contribution >= 4 is 27.7 Å². The van der Waals surface area contributed by atoms with E-state index in [9.17, 15) is 32.4 Å². The number of hydrogen-bond donors (Lipinski definition) is 2. The number of rotatable bonds is 10. The molecule has 0 fully saturated rings. The Morgan fingerprint density at radius 2 is 2.03 bits per heavy atom. The lowest BCUT2D eigenvalue weighted by atomic mass is 10.1. The van der Waals surface area contributed by atoms with E-state index in [1.165, 1.54) is 24.3 Å². The largest absolute Gasteiger partial charge is 0.489 e. The number of nitrogens with zero attached hydrogens (tertiary/aromatic N) is 4. The number of ether oxygens (including phenoxy) is 1. The van der Waals surface area contributed by atoms with Gasteiger partial charge in [-0.05, 0) is 18.6 Å². The highest BCUT2D eigenvalue weighted by Crippen LogP contribution is 2.26. The van der Waals surface area contributed by atoms with Gasteiger partial charge >= 0.3 is 6.18 Å². The molecule has 13 heteroatoms. The lowest BCUT2D eigenvalue weighted by molar-refractivity contribution is -0.138. The summed E-state index contributed by atoms with van der Waals surface area (Å²) in [6, 6.07) is 11.5. The molecule has 202 valence electrons. The predicted octanol–water partition coefficient (Wildman–Crippen LogP) is 3.71. The second-order valence-corrected chi connectivity index (χ2v) is 8.62. The molecule has 1 atom stereocenters. The van der Waals surface area contributed by atoms with Crippen LogP contribution in [0.4, 0.5) is 17.6 Å². The molecule has 2 aromatic heterocycles. The quantitative estimate of drug-likeness (QED) is 0.233. The molecule has 0 radical (unpaired) electrons. The SMILES string of the molecule is C=CCC(F)COc1cc2nc(Cc3nn(CC(=O)NCC(F)(F)F)c(=O)c4ccccc34)[nH]c2cc1C#N. The van der Waals surface area contributed by atoms with Gasteiger partial charge in [0, 0.05) is 11.5 Å². The highest BCUT2D eigenvalue weighted by atomic mass is 19.4. The summed E-state index contributed by atoms with van der Waals surface area (Å²) in [6.07, 6.45) is -4.30. The maximum atomic E-state index is 13.8. The van der Waals surface area contributed by atoms with Crippen LogP contribution in [0.3, 0.4) is 0 Å². The number of aromatic amines is 1. The Labute approximate surface area is 218 Å². The molecule has 2 N–H and O–H groups in total. The summed E-state index contributed by atoms with van der Waals surface area (Å²) in [7, 11) is 0. The van der Waals surface area contributed by atoms with Crippen LogP contribution in [0.25, 0.3) is 21.8 Å². The molecule has 4 rings (SSSR count).